The van der Waals surface area contributed by atoms with Gasteiger partial charge in [0.15, 0.2) is 0 Å². The van der Waals surface area contributed by atoms with Crippen molar-refractivity contribution in [3.05, 3.63) is 30.3 Å². The minimum Gasteiger partial charge on any atom is -0.491 e. The molecule has 0 aliphatic carbocycles. The summed E-state index contributed by atoms with van der Waals surface area (Å²) in [6.45, 7) is 6.40. The molecule has 1 aliphatic rings. The van der Waals surface area contributed by atoms with Gasteiger partial charge in [-0.2, -0.15) is 0 Å². The molecule has 5 nitrogen and oxygen atoms in total. The third kappa shape index (κ3) is 5.88. The van der Waals surface area contributed by atoms with Gasteiger partial charge in [-0.15, -0.1) is 0 Å². The van der Waals surface area contributed by atoms with Gasteiger partial charge in [0.2, 0.25) is 0 Å². The molecule has 0 unspecified atom stereocenters. The van der Waals surface area contributed by atoms with Gasteiger partial charge in [0, 0.05) is 32.7 Å². The van der Waals surface area contributed by atoms with Crippen LogP contribution in [0.1, 0.15) is 0 Å². The van der Waals surface area contributed by atoms with Gasteiger partial charge in [-0.25, -0.2) is 0 Å². The normalized spacial score (nSPS) is 17.9. The maximum Gasteiger partial charge on any atom is 0.119 e. The monoisotopic (exact) mass is 280 g/mol. The van der Waals surface area contributed by atoms with Crippen LogP contribution in [0.5, 0.6) is 5.75 Å². The molecule has 1 aromatic rings. The Morgan fingerprint density at radius 3 is 2.75 bits per heavy atom. The molecular formula is C15H24N2O3. The van der Waals surface area contributed by atoms with Crippen LogP contribution in [-0.4, -0.2) is 68.7 Å². The van der Waals surface area contributed by atoms with Crippen LogP contribution in [0.3, 0.4) is 0 Å². The van der Waals surface area contributed by atoms with Gasteiger partial charge in [0.05, 0.1) is 13.2 Å². The number of aliphatic hydroxyl groups is 1. The van der Waals surface area contributed by atoms with Gasteiger partial charge in [-0.1, -0.05) is 18.2 Å². The molecule has 0 saturated carbocycles. The number of nitrogens with zero attached hydrogens (tertiary/aromatic N) is 1. The van der Waals surface area contributed by atoms with Gasteiger partial charge in [-0.05, 0) is 12.1 Å². The molecule has 1 heterocycles. The van der Waals surface area contributed by atoms with Crippen LogP contribution in [0.15, 0.2) is 30.3 Å². The highest BCUT2D eigenvalue weighted by molar-refractivity contribution is 5.20. The number of benzene rings is 1. The van der Waals surface area contributed by atoms with Crippen molar-refractivity contribution in [1.82, 2.24) is 10.2 Å². The van der Waals surface area contributed by atoms with Gasteiger partial charge in [-0.3, -0.25) is 4.90 Å². The van der Waals surface area contributed by atoms with E-state index in [1.807, 2.05) is 30.3 Å². The SMILES string of the molecule is O[C@@H](CNCCN1CCOCC1)COc1ccccc1. The van der Waals surface area contributed by atoms with Crippen LogP contribution in [0.2, 0.25) is 0 Å². The number of hydrogen-bond acceptors (Lipinski definition) is 5. The number of ether oxygens (including phenoxy) is 2. The number of hydrogen-bond donors (Lipinski definition) is 2. The number of aliphatic hydroxyl groups excluding tert-OH is 1. The molecule has 2 rings (SSSR count). The fourth-order valence-electron chi connectivity index (χ4n) is 2.10. The predicted octanol–water partition coefficient (Wildman–Crippen LogP) is 0.348. The third-order valence-electron chi connectivity index (χ3n) is 3.27. The van der Waals surface area contributed by atoms with E-state index in [1.165, 1.54) is 0 Å². The largest absolute Gasteiger partial charge is 0.491 e. The Labute approximate surface area is 120 Å². The Kier molecular flexibility index (Phi) is 6.80. The molecule has 0 amide bonds. The van der Waals surface area contributed by atoms with Crippen molar-refractivity contribution < 1.29 is 14.6 Å². The van der Waals surface area contributed by atoms with Crippen LogP contribution in [0, 0.1) is 0 Å². The Balaban J connectivity index is 1.50. The number of morpholine rings is 1. The summed E-state index contributed by atoms with van der Waals surface area (Å²) in [5, 5.41) is 13.1. The zero-order chi connectivity index (χ0) is 14.0. The van der Waals surface area contributed by atoms with E-state index in [-0.39, 0.29) is 0 Å². The maximum atomic E-state index is 9.83. The van der Waals surface area contributed by atoms with Crippen molar-refractivity contribution in [3.8, 4) is 5.75 Å². The number of rotatable bonds is 8. The lowest BCUT2D eigenvalue weighted by Crippen LogP contribution is -2.41. The van der Waals surface area contributed by atoms with Crippen molar-refractivity contribution in [2.45, 2.75) is 6.10 Å². The first-order valence-electron chi connectivity index (χ1n) is 7.21. The van der Waals surface area contributed by atoms with Crippen molar-refractivity contribution in [1.29, 1.82) is 0 Å². The molecule has 20 heavy (non-hydrogen) atoms. The summed E-state index contributed by atoms with van der Waals surface area (Å²) in [6.07, 6.45) is -0.486. The van der Waals surface area contributed by atoms with Gasteiger partial charge in [0.1, 0.15) is 18.5 Å². The molecule has 1 saturated heterocycles. The van der Waals surface area contributed by atoms with E-state index in [4.69, 9.17) is 9.47 Å². The quantitative estimate of drug-likeness (QED) is 0.673. The van der Waals surface area contributed by atoms with Gasteiger partial charge < -0.3 is 19.9 Å². The summed E-state index contributed by atoms with van der Waals surface area (Å²) in [4.78, 5) is 2.36. The molecule has 2 N–H and O–H groups in total. The van der Waals surface area contributed by atoms with Crippen LogP contribution in [-0.2, 0) is 4.74 Å². The average molecular weight is 280 g/mol. The first-order chi connectivity index (χ1) is 9.84. The van der Waals surface area contributed by atoms with Crippen molar-refractivity contribution in [2.24, 2.45) is 0 Å². The molecule has 0 aromatic heterocycles. The van der Waals surface area contributed by atoms with E-state index >= 15 is 0 Å². The summed E-state index contributed by atoms with van der Waals surface area (Å²) < 4.78 is 10.8. The Hall–Kier alpha value is -1.14. The van der Waals surface area contributed by atoms with E-state index in [0.29, 0.717) is 13.2 Å². The third-order valence-corrected chi connectivity index (χ3v) is 3.27. The zero-order valence-electron chi connectivity index (χ0n) is 11.8. The summed E-state index contributed by atoms with van der Waals surface area (Å²) in [5.74, 6) is 0.792. The van der Waals surface area contributed by atoms with Gasteiger partial charge in [0.25, 0.3) is 0 Å². The van der Waals surface area contributed by atoms with Crippen molar-refractivity contribution >= 4 is 0 Å². The van der Waals surface area contributed by atoms with E-state index in [1.54, 1.807) is 0 Å². The smallest absolute Gasteiger partial charge is 0.119 e. The highest BCUT2D eigenvalue weighted by Crippen LogP contribution is 2.08. The predicted molar refractivity (Wildman–Crippen MR) is 78.1 cm³/mol. The molecular weight excluding hydrogens is 256 g/mol. The molecule has 1 aliphatic heterocycles. The number of para-hydroxylation sites is 1. The average Bonchev–Trinajstić information content (AvgIpc) is 2.52. The Morgan fingerprint density at radius 2 is 2.00 bits per heavy atom. The van der Waals surface area contributed by atoms with E-state index in [2.05, 4.69) is 10.2 Å². The van der Waals surface area contributed by atoms with Crippen LogP contribution in [0.4, 0.5) is 0 Å². The lowest BCUT2D eigenvalue weighted by Gasteiger charge is -2.26. The molecule has 1 fully saturated rings. The lowest BCUT2D eigenvalue weighted by atomic mass is 10.3. The number of nitrogens with one attached hydrogen (secondary N) is 1. The second kappa shape index (κ2) is 8.92. The van der Waals surface area contributed by atoms with Crippen LogP contribution < -0.4 is 10.1 Å². The topological polar surface area (TPSA) is 54.0 Å². The van der Waals surface area contributed by atoms with Crippen molar-refractivity contribution in [2.75, 3.05) is 52.5 Å². The summed E-state index contributed by atoms with van der Waals surface area (Å²) in [7, 11) is 0. The molecule has 1 aromatic carbocycles. The van der Waals surface area contributed by atoms with Crippen LogP contribution in [0.25, 0.3) is 0 Å². The molecule has 1 atom stereocenters. The van der Waals surface area contributed by atoms with E-state index in [9.17, 15) is 5.11 Å². The molecule has 0 radical (unpaired) electrons. The zero-order valence-corrected chi connectivity index (χ0v) is 11.8. The fourth-order valence-corrected chi connectivity index (χ4v) is 2.10. The molecule has 0 bridgehead atoms. The summed E-state index contributed by atoms with van der Waals surface area (Å²) in [5.41, 5.74) is 0. The van der Waals surface area contributed by atoms with Crippen molar-refractivity contribution in [3.63, 3.8) is 0 Å². The highest BCUT2D eigenvalue weighted by atomic mass is 16.5. The maximum absolute atomic E-state index is 9.83. The minimum absolute atomic E-state index is 0.314. The summed E-state index contributed by atoms with van der Waals surface area (Å²) >= 11 is 0. The van der Waals surface area contributed by atoms with E-state index < -0.39 is 6.10 Å². The second-order valence-corrected chi connectivity index (χ2v) is 4.94. The molecule has 112 valence electrons. The molecule has 0 spiro atoms. The summed E-state index contributed by atoms with van der Waals surface area (Å²) in [6, 6.07) is 9.55. The Bertz CT molecular complexity index is 355. The lowest BCUT2D eigenvalue weighted by molar-refractivity contribution is 0.0376. The first kappa shape index (κ1) is 15.3. The minimum atomic E-state index is -0.486. The highest BCUT2D eigenvalue weighted by Gasteiger charge is 2.10. The molecule has 5 heteroatoms. The fraction of sp³-hybridized carbons (Fsp3) is 0.600. The standard InChI is InChI=1S/C15H24N2O3/c18-14(13-20-15-4-2-1-3-5-15)12-16-6-7-17-8-10-19-11-9-17/h1-5,14,16,18H,6-13H2/t14-/m0/s1. The first-order valence-corrected chi connectivity index (χ1v) is 7.21. The van der Waals surface area contributed by atoms with E-state index in [0.717, 1.165) is 45.1 Å². The van der Waals surface area contributed by atoms with Crippen LogP contribution >= 0.6 is 0 Å². The second-order valence-electron chi connectivity index (χ2n) is 4.94. The Morgan fingerprint density at radius 1 is 1.25 bits per heavy atom. The van der Waals surface area contributed by atoms with Gasteiger partial charge >= 0.3 is 0 Å².